The summed E-state index contributed by atoms with van der Waals surface area (Å²) in [6.07, 6.45) is 6.50. The third-order valence-electron chi connectivity index (χ3n) is 3.98. The average Bonchev–Trinajstić information content (AvgIpc) is 2.50. The number of hydrogen-bond acceptors (Lipinski definition) is 1. The minimum atomic E-state index is 0.761. The second-order valence-corrected chi connectivity index (χ2v) is 6.40. The standard InChI is InChI=1S/C20H29N/c1-17(2)16-21-15-8-4-3-5-10-18-12-9-13-19-11-6-7-14-20(18)19/h6-7,9,11-14,17,21H,3-5,8,10,15-16H2,1-2H3. The minimum Gasteiger partial charge on any atom is -0.316 e. The van der Waals surface area contributed by atoms with E-state index in [9.17, 15) is 0 Å². The smallest absolute Gasteiger partial charge is 0.00258 e. The van der Waals surface area contributed by atoms with Crippen molar-refractivity contribution in [3.63, 3.8) is 0 Å². The number of unbranched alkanes of at least 4 members (excludes halogenated alkanes) is 3. The van der Waals surface area contributed by atoms with Crippen LogP contribution in [0.2, 0.25) is 0 Å². The molecule has 0 aliphatic heterocycles. The summed E-state index contributed by atoms with van der Waals surface area (Å²) in [5.74, 6) is 0.761. The number of rotatable bonds is 9. The molecule has 21 heavy (non-hydrogen) atoms. The van der Waals surface area contributed by atoms with E-state index in [1.165, 1.54) is 55.0 Å². The first-order valence-corrected chi connectivity index (χ1v) is 8.44. The molecule has 0 bridgehead atoms. The molecule has 0 radical (unpaired) electrons. The van der Waals surface area contributed by atoms with Gasteiger partial charge in [0.25, 0.3) is 0 Å². The van der Waals surface area contributed by atoms with Gasteiger partial charge < -0.3 is 5.32 Å². The van der Waals surface area contributed by atoms with Crippen molar-refractivity contribution in [1.29, 1.82) is 0 Å². The lowest BCUT2D eigenvalue weighted by Gasteiger charge is -2.08. The molecule has 1 heteroatoms. The van der Waals surface area contributed by atoms with E-state index in [4.69, 9.17) is 0 Å². The van der Waals surface area contributed by atoms with Crippen molar-refractivity contribution in [2.75, 3.05) is 13.1 Å². The highest BCUT2D eigenvalue weighted by molar-refractivity contribution is 5.85. The summed E-state index contributed by atoms with van der Waals surface area (Å²) in [5.41, 5.74) is 1.51. The van der Waals surface area contributed by atoms with E-state index in [0.29, 0.717) is 0 Å². The quantitative estimate of drug-likeness (QED) is 0.625. The maximum atomic E-state index is 3.52. The van der Waals surface area contributed by atoms with Gasteiger partial charge in [0, 0.05) is 0 Å². The number of nitrogens with one attached hydrogen (secondary N) is 1. The van der Waals surface area contributed by atoms with Gasteiger partial charge in [-0.05, 0) is 54.6 Å². The highest BCUT2D eigenvalue weighted by Gasteiger charge is 2.00. The van der Waals surface area contributed by atoms with Gasteiger partial charge in [-0.2, -0.15) is 0 Å². The molecule has 0 aromatic heterocycles. The highest BCUT2D eigenvalue weighted by atomic mass is 14.8. The minimum absolute atomic E-state index is 0.761. The largest absolute Gasteiger partial charge is 0.316 e. The topological polar surface area (TPSA) is 12.0 Å². The molecule has 0 atom stereocenters. The zero-order chi connectivity index (χ0) is 14.9. The first-order chi connectivity index (χ1) is 10.3. The molecule has 2 rings (SSSR count). The number of hydrogen-bond donors (Lipinski definition) is 1. The van der Waals surface area contributed by atoms with Crippen LogP contribution in [0.4, 0.5) is 0 Å². The Labute approximate surface area is 129 Å². The van der Waals surface area contributed by atoms with Gasteiger partial charge in [-0.1, -0.05) is 69.2 Å². The summed E-state index contributed by atoms with van der Waals surface area (Å²) in [6, 6.07) is 15.4. The second kappa shape index (κ2) is 8.84. The maximum absolute atomic E-state index is 3.52. The fourth-order valence-corrected chi connectivity index (χ4v) is 2.82. The number of benzene rings is 2. The van der Waals surface area contributed by atoms with Crippen LogP contribution in [0.15, 0.2) is 42.5 Å². The molecule has 2 aromatic rings. The molecule has 0 unspecified atom stereocenters. The van der Waals surface area contributed by atoms with E-state index < -0.39 is 0 Å². The van der Waals surface area contributed by atoms with Crippen LogP contribution in [0.25, 0.3) is 10.8 Å². The molecule has 0 spiro atoms. The monoisotopic (exact) mass is 283 g/mol. The van der Waals surface area contributed by atoms with Crippen LogP contribution in [0.1, 0.15) is 45.1 Å². The Balaban J connectivity index is 1.66. The average molecular weight is 283 g/mol. The third kappa shape index (κ3) is 5.51. The molecule has 0 saturated carbocycles. The molecule has 0 saturated heterocycles. The van der Waals surface area contributed by atoms with E-state index in [1.54, 1.807) is 0 Å². The van der Waals surface area contributed by atoms with Gasteiger partial charge in [-0.25, -0.2) is 0 Å². The van der Waals surface area contributed by atoms with Crippen molar-refractivity contribution in [3.05, 3.63) is 48.0 Å². The maximum Gasteiger partial charge on any atom is -0.00258 e. The Morgan fingerprint density at radius 2 is 1.62 bits per heavy atom. The van der Waals surface area contributed by atoms with Gasteiger partial charge in [0.05, 0.1) is 0 Å². The van der Waals surface area contributed by atoms with E-state index in [-0.39, 0.29) is 0 Å². The molecule has 2 aromatic carbocycles. The third-order valence-corrected chi connectivity index (χ3v) is 3.98. The molecular formula is C20H29N. The van der Waals surface area contributed by atoms with Gasteiger partial charge in [-0.3, -0.25) is 0 Å². The lowest BCUT2D eigenvalue weighted by atomic mass is 9.99. The van der Waals surface area contributed by atoms with Crippen LogP contribution in [-0.2, 0) is 6.42 Å². The summed E-state index contributed by atoms with van der Waals surface area (Å²) < 4.78 is 0. The second-order valence-electron chi connectivity index (χ2n) is 6.40. The Morgan fingerprint density at radius 3 is 2.48 bits per heavy atom. The van der Waals surface area contributed by atoms with Crippen LogP contribution in [0, 0.1) is 5.92 Å². The summed E-state index contributed by atoms with van der Waals surface area (Å²) in [5, 5.41) is 6.32. The van der Waals surface area contributed by atoms with Gasteiger partial charge in [0.1, 0.15) is 0 Å². The summed E-state index contributed by atoms with van der Waals surface area (Å²) >= 11 is 0. The zero-order valence-electron chi connectivity index (χ0n) is 13.6. The normalized spacial score (nSPS) is 11.4. The summed E-state index contributed by atoms with van der Waals surface area (Å²) in [7, 11) is 0. The lowest BCUT2D eigenvalue weighted by molar-refractivity contribution is 0.526. The SMILES string of the molecule is CC(C)CNCCCCCCc1cccc2ccccc12. The molecule has 0 fully saturated rings. The van der Waals surface area contributed by atoms with Crippen LogP contribution < -0.4 is 5.32 Å². The molecule has 0 aliphatic rings. The van der Waals surface area contributed by atoms with Crippen LogP contribution >= 0.6 is 0 Å². The van der Waals surface area contributed by atoms with Gasteiger partial charge in [0.15, 0.2) is 0 Å². The van der Waals surface area contributed by atoms with Crippen molar-refractivity contribution < 1.29 is 0 Å². The van der Waals surface area contributed by atoms with E-state index >= 15 is 0 Å². The molecule has 0 aliphatic carbocycles. The van der Waals surface area contributed by atoms with Crippen LogP contribution in [0.3, 0.4) is 0 Å². The van der Waals surface area contributed by atoms with Crippen LogP contribution in [0.5, 0.6) is 0 Å². The first kappa shape index (κ1) is 16.0. The molecule has 1 N–H and O–H groups in total. The predicted octanol–water partition coefficient (Wildman–Crippen LogP) is 5.19. The fourth-order valence-electron chi connectivity index (χ4n) is 2.82. The van der Waals surface area contributed by atoms with Gasteiger partial charge in [0.2, 0.25) is 0 Å². The summed E-state index contributed by atoms with van der Waals surface area (Å²) in [6.45, 7) is 6.84. The van der Waals surface area contributed by atoms with Crippen molar-refractivity contribution in [2.45, 2.75) is 46.0 Å². The molecular weight excluding hydrogens is 254 g/mol. The number of aryl methyl sites for hydroxylation is 1. The molecule has 114 valence electrons. The number of fused-ring (bicyclic) bond motifs is 1. The fraction of sp³-hybridized carbons (Fsp3) is 0.500. The van der Waals surface area contributed by atoms with E-state index in [1.807, 2.05) is 0 Å². The molecule has 0 amide bonds. The van der Waals surface area contributed by atoms with E-state index in [0.717, 1.165) is 12.5 Å². The zero-order valence-corrected chi connectivity index (χ0v) is 13.6. The van der Waals surface area contributed by atoms with Crippen molar-refractivity contribution in [1.82, 2.24) is 5.32 Å². The van der Waals surface area contributed by atoms with Crippen LogP contribution in [-0.4, -0.2) is 13.1 Å². The van der Waals surface area contributed by atoms with E-state index in [2.05, 4.69) is 61.6 Å². The Kier molecular flexibility index (Phi) is 6.75. The van der Waals surface area contributed by atoms with Crippen molar-refractivity contribution in [2.24, 2.45) is 5.92 Å². The summed E-state index contributed by atoms with van der Waals surface area (Å²) in [4.78, 5) is 0. The Bertz CT molecular complexity index is 525. The molecule has 0 heterocycles. The van der Waals surface area contributed by atoms with Crippen molar-refractivity contribution in [3.8, 4) is 0 Å². The van der Waals surface area contributed by atoms with Gasteiger partial charge >= 0.3 is 0 Å². The first-order valence-electron chi connectivity index (χ1n) is 8.44. The van der Waals surface area contributed by atoms with Gasteiger partial charge in [-0.15, -0.1) is 0 Å². The predicted molar refractivity (Wildman–Crippen MR) is 93.8 cm³/mol. The highest BCUT2D eigenvalue weighted by Crippen LogP contribution is 2.20. The van der Waals surface area contributed by atoms with Crippen molar-refractivity contribution >= 4 is 10.8 Å². The Morgan fingerprint density at radius 1 is 0.857 bits per heavy atom. The Hall–Kier alpha value is -1.34. The molecule has 1 nitrogen and oxygen atoms in total. The lowest BCUT2D eigenvalue weighted by Crippen LogP contribution is -2.20.